The number of amides is 1. The minimum absolute atomic E-state index is 0.153. The van der Waals surface area contributed by atoms with E-state index in [-0.39, 0.29) is 35.3 Å². The highest BCUT2D eigenvalue weighted by atomic mass is 32.1. The lowest BCUT2D eigenvalue weighted by Crippen LogP contribution is -2.28. The number of nitrogens with one attached hydrogen (secondary N) is 3. The standard InChI is InChI=1S/C11H9N5O2S/c1-2-5-3-6(17)16(4-5)10-13-8-7(9(18)15-10)12-11(19)14-8/h1,5H,3-4H2,(H3,12,13,14,15,18,19). The van der Waals surface area contributed by atoms with Gasteiger partial charge in [-0.3, -0.25) is 19.5 Å². The number of imidazole rings is 1. The van der Waals surface area contributed by atoms with Crippen molar-refractivity contribution in [3.05, 3.63) is 15.1 Å². The number of fused-ring (bicyclic) bond motifs is 1. The predicted molar refractivity (Wildman–Crippen MR) is 71.2 cm³/mol. The number of aromatic nitrogens is 4. The van der Waals surface area contributed by atoms with E-state index in [4.69, 9.17) is 18.6 Å². The molecule has 1 unspecified atom stereocenters. The fourth-order valence-corrected chi connectivity index (χ4v) is 2.27. The molecule has 1 fully saturated rings. The van der Waals surface area contributed by atoms with Crippen molar-refractivity contribution in [2.75, 3.05) is 11.4 Å². The Morgan fingerprint density at radius 3 is 2.84 bits per heavy atom. The highest BCUT2D eigenvalue weighted by Gasteiger charge is 2.31. The van der Waals surface area contributed by atoms with Crippen LogP contribution in [0.2, 0.25) is 0 Å². The minimum atomic E-state index is -0.385. The molecule has 0 bridgehead atoms. The summed E-state index contributed by atoms with van der Waals surface area (Å²) >= 11 is 4.90. The van der Waals surface area contributed by atoms with Crippen LogP contribution < -0.4 is 10.5 Å². The van der Waals surface area contributed by atoms with Crippen molar-refractivity contribution in [1.82, 2.24) is 19.9 Å². The Hall–Kier alpha value is -2.40. The maximum absolute atomic E-state index is 11.9. The van der Waals surface area contributed by atoms with Gasteiger partial charge in [-0.25, -0.2) is 0 Å². The summed E-state index contributed by atoms with van der Waals surface area (Å²) in [4.78, 5) is 37.3. The molecule has 0 radical (unpaired) electrons. The molecule has 7 nitrogen and oxygen atoms in total. The van der Waals surface area contributed by atoms with Gasteiger partial charge in [-0.15, -0.1) is 12.3 Å². The van der Waals surface area contributed by atoms with Gasteiger partial charge in [0.05, 0.1) is 0 Å². The molecule has 3 N–H and O–H groups in total. The van der Waals surface area contributed by atoms with E-state index in [9.17, 15) is 9.59 Å². The Kier molecular flexibility index (Phi) is 2.50. The molecule has 0 spiro atoms. The smallest absolute Gasteiger partial charge is 0.278 e. The average molecular weight is 275 g/mol. The zero-order valence-electron chi connectivity index (χ0n) is 9.69. The SMILES string of the molecule is C#CC1CC(=O)N(c2nc3[nH]c(=S)[nH]c3c(=O)[nH]2)C1. The van der Waals surface area contributed by atoms with E-state index in [1.165, 1.54) is 4.90 Å². The van der Waals surface area contributed by atoms with E-state index in [0.29, 0.717) is 17.0 Å². The molecular weight excluding hydrogens is 266 g/mol. The normalized spacial score (nSPS) is 19.0. The van der Waals surface area contributed by atoms with Crippen molar-refractivity contribution < 1.29 is 4.79 Å². The lowest BCUT2D eigenvalue weighted by molar-refractivity contribution is -0.117. The molecule has 1 aliphatic heterocycles. The van der Waals surface area contributed by atoms with Gasteiger partial charge in [-0.2, -0.15) is 4.98 Å². The Bertz CT molecular complexity index is 824. The van der Waals surface area contributed by atoms with Gasteiger partial charge in [0.1, 0.15) is 5.52 Å². The number of nitrogens with zero attached hydrogens (tertiary/aromatic N) is 2. The summed E-state index contributed by atoms with van der Waals surface area (Å²) in [5.74, 6) is 2.42. The molecule has 0 saturated carbocycles. The van der Waals surface area contributed by atoms with Crippen molar-refractivity contribution in [3.8, 4) is 12.3 Å². The first-order chi connectivity index (χ1) is 9.08. The van der Waals surface area contributed by atoms with Gasteiger partial charge < -0.3 is 9.97 Å². The van der Waals surface area contributed by atoms with E-state index in [1.807, 2.05) is 0 Å². The molecule has 2 aromatic rings. The molecule has 2 aromatic heterocycles. The summed E-state index contributed by atoms with van der Waals surface area (Å²) < 4.78 is 0.305. The molecule has 0 aromatic carbocycles. The van der Waals surface area contributed by atoms with Crippen LogP contribution in [0.15, 0.2) is 4.79 Å². The second-order valence-electron chi connectivity index (χ2n) is 4.26. The minimum Gasteiger partial charge on any atom is -0.325 e. The van der Waals surface area contributed by atoms with Crippen LogP contribution in [0.4, 0.5) is 5.95 Å². The monoisotopic (exact) mass is 275 g/mol. The molecule has 8 heteroatoms. The number of H-pyrrole nitrogens is 3. The topological polar surface area (TPSA) is 97.6 Å². The van der Waals surface area contributed by atoms with E-state index in [2.05, 4.69) is 25.9 Å². The van der Waals surface area contributed by atoms with Gasteiger partial charge in [0.15, 0.2) is 10.4 Å². The number of rotatable bonds is 1. The number of anilines is 1. The first kappa shape index (κ1) is 11.7. The maximum Gasteiger partial charge on any atom is 0.278 e. The van der Waals surface area contributed by atoms with Crippen LogP contribution in [0.1, 0.15) is 6.42 Å². The summed E-state index contributed by atoms with van der Waals surface area (Å²) in [6, 6.07) is 0. The van der Waals surface area contributed by atoms with Crippen LogP contribution in [-0.2, 0) is 4.79 Å². The van der Waals surface area contributed by atoms with Crippen molar-refractivity contribution in [1.29, 1.82) is 0 Å². The molecule has 19 heavy (non-hydrogen) atoms. The van der Waals surface area contributed by atoms with E-state index < -0.39 is 0 Å². The third-order valence-corrected chi connectivity index (χ3v) is 3.20. The first-order valence-electron chi connectivity index (χ1n) is 5.57. The second kappa shape index (κ2) is 4.07. The van der Waals surface area contributed by atoms with Crippen molar-refractivity contribution in [2.45, 2.75) is 6.42 Å². The van der Waals surface area contributed by atoms with E-state index >= 15 is 0 Å². The second-order valence-corrected chi connectivity index (χ2v) is 4.67. The number of aromatic amines is 3. The van der Waals surface area contributed by atoms with Crippen LogP contribution >= 0.6 is 12.2 Å². The number of carbonyl (C=O) groups is 1. The van der Waals surface area contributed by atoms with Crippen LogP contribution in [0.5, 0.6) is 0 Å². The summed E-state index contributed by atoms with van der Waals surface area (Å²) in [5.41, 5.74) is 0.193. The fraction of sp³-hybridized carbons (Fsp3) is 0.273. The maximum atomic E-state index is 11.9. The van der Waals surface area contributed by atoms with Crippen LogP contribution in [0.25, 0.3) is 11.2 Å². The summed E-state index contributed by atoms with van der Waals surface area (Å²) in [7, 11) is 0. The zero-order chi connectivity index (χ0) is 13.6. The van der Waals surface area contributed by atoms with Gasteiger partial charge in [0, 0.05) is 18.9 Å². The molecule has 0 aliphatic carbocycles. The van der Waals surface area contributed by atoms with Crippen LogP contribution in [0.3, 0.4) is 0 Å². The third-order valence-electron chi connectivity index (χ3n) is 2.99. The number of hydrogen-bond donors (Lipinski definition) is 3. The van der Waals surface area contributed by atoms with Crippen molar-refractivity contribution in [3.63, 3.8) is 0 Å². The summed E-state index contributed by atoms with van der Waals surface area (Å²) in [6.07, 6.45) is 5.58. The van der Waals surface area contributed by atoms with Gasteiger partial charge >= 0.3 is 0 Å². The summed E-state index contributed by atoms with van der Waals surface area (Å²) in [6.45, 7) is 0.356. The van der Waals surface area contributed by atoms with E-state index in [1.54, 1.807) is 0 Å². The molecule has 1 saturated heterocycles. The van der Waals surface area contributed by atoms with Crippen LogP contribution in [0, 0.1) is 23.0 Å². The molecule has 1 atom stereocenters. The predicted octanol–water partition coefficient (Wildman–Crippen LogP) is 0.295. The molecule has 96 valence electrons. The summed E-state index contributed by atoms with van der Waals surface area (Å²) in [5, 5.41) is 0. The van der Waals surface area contributed by atoms with Crippen molar-refractivity contribution >= 4 is 35.2 Å². The third kappa shape index (κ3) is 1.84. The number of hydrogen-bond acceptors (Lipinski definition) is 4. The highest BCUT2D eigenvalue weighted by Crippen LogP contribution is 2.21. The Morgan fingerprint density at radius 2 is 2.16 bits per heavy atom. The largest absolute Gasteiger partial charge is 0.325 e. The molecule has 3 rings (SSSR count). The van der Waals surface area contributed by atoms with Crippen LogP contribution in [-0.4, -0.2) is 32.4 Å². The Labute approximate surface area is 112 Å². The van der Waals surface area contributed by atoms with Gasteiger partial charge in [-0.1, -0.05) is 0 Å². The van der Waals surface area contributed by atoms with Gasteiger partial charge in [-0.05, 0) is 12.2 Å². The number of terminal acetylenes is 1. The lowest BCUT2D eigenvalue weighted by atomic mass is 10.1. The average Bonchev–Trinajstić information content (AvgIpc) is 2.91. The van der Waals surface area contributed by atoms with Gasteiger partial charge in [0.2, 0.25) is 11.9 Å². The lowest BCUT2D eigenvalue weighted by Gasteiger charge is -2.13. The van der Waals surface area contributed by atoms with Crippen molar-refractivity contribution in [2.24, 2.45) is 5.92 Å². The zero-order valence-corrected chi connectivity index (χ0v) is 10.5. The quantitative estimate of drug-likeness (QED) is 0.515. The first-order valence-corrected chi connectivity index (χ1v) is 5.98. The molecule has 3 heterocycles. The number of carbonyl (C=O) groups excluding carboxylic acids is 1. The molecule has 1 amide bonds. The fourth-order valence-electron chi connectivity index (χ4n) is 2.07. The Balaban J connectivity index is 2.12. The van der Waals surface area contributed by atoms with E-state index in [0.717, 1.165) is 0 Å². The molecular formula is C11H9N5O2S. The van der Waals surface area contributed by atoms with Gasteiger partial charge in [0.25, 0.3) is 5.56 Å². The molecule has 1 aliphatic rings. The highest BCUT2D eigenvalue weighted by molar-refractivity contribution is 7.71. The Morgan fingerprint density at radius 1 is 1.37 bits per heavy atom.